The number of halogens is 1. The Morgan fingerprint density at radius 3 is 2.68 bits per heavy atom. The fourth-order valence-corrected chi connectivity index (χ4v) is 4.64. The molecule has 0 aliphatic carbocycles. The number of benzene rings is 2. The van der Waals surface area contributed by atoms with Crippen molar-refractivity contribution in [1.29, 1.82) is 0 Å². The van der Waals surface area contributed by atoms with E-state index in [1.54, 1.807) is 29.2 Å². The molecule has 1 aromatic heterocycles. The zero-order valence-corrected chi connectivity index (χ0v) is 18.6. The summed E-state index contributed by atoms with van der Waals surface area (Å²) < 4.78 is 44.2. The van der Waals surface area contributed by atoms with Gasteiger partial charge >= 0.3 is 0 Å². The summed E-state index contributed by atoms with van der Waals surface area (Å²) >= 11 is 6.11. The van der Waals surface area contributed by atoms with E-state index < -0.39 is 22.0 Å². The molecule has 0 N–H and O–H groups in total. The molecular weight excluding hydrogens is 442 g/mol. The van der Waals surface area contributed by atoms with Crippen molar-refractivity contribution in [1.82, 2.24) is 14.8 Å². The van der Waals surface area contributed by atoms with Crippen LogP contribution in [0.1, 0.15) is 16.7 Å². The molecule has 1 saturated heterocycles. The SMILES string of the molecule is Cc1ccc(S(=O)(=O)OC[C@@H]2CO[C@@](Cn3cncn3)(c3ccc(Cl)cc3C)O2)cc1. The van der Waals surface area contributed by atoms with Gasteiger partial charge in [-0.15, -0.1) is 0 Å². The molecular formula is C21H22ClN3O5S. The molecule has 0 amide bonds. The van der Waals surface area contributed by atoms with Gasteiger partial charge in [0, 0.05) is 10.6 Å². The minimum atomic E-state index is -3.91. The molecule has 8 nitrogen and oxygen atoms in total. The van der Waals surface area contributed by atoms with Crippen molar-refractivity contribution < 1.29 is 22.1 Å². The first-order chi connectivity index (χ1) is 14.8. The Hall–Kier alpha value is -2.30. The topological polar surface area (TPSA) is 92.5 Å². The second-order valence-corrected chi connectivity index (χ2v) is 9.46. The monoisotopic (exact) mass is 463 g/mol. The van der Waals surface area contributed by atoms with Gasteiger partial charge in [-0.05, 0) is 43.7 Å². The van der Waals surface area contributed by atoms with Crippen LogP contribution in [0.5, 0.6) is 0 Å². The minimum Gasteiger partial charge on any atom is -0.342 e. The Bertz CT molecular complexity index is 1150. The molecule has 1 fully saturated rings. The summed E-state index contributed by atoms with van der Waals surface area (Å²) in [5.74, 6) is -1.18. The third-order valence-corrected chi connectivity index (χ3v) is 6.54. The molecule has 164 valence electrons. The van der Waals surface area contributed by atoms with E-state index in [4.69, 9.17) is 25.3 Å². The zero-order chi connectivity index (χ0) is 22.1. The van der Waals surface area contributed by atoms with E-state index in [-0.39, 0.29) is 24.7 Å². The van der Waals surface area contributed by atoms with Crippen LogP contribution in [0.4, 0.5) is 0 Å². The van der Waals surface area contributed by atoms with Gasteiger partial charge in [-0.25, -0.2) is 9.67 Å². The quantitative estimate of drug-likeness (QED) is 0.496. The van der Waals surface area contributed by atoms with Crippen LogP contribution >= 0.6 is 11.6 Å². The highest BCUT2D eigenvalue weighted by atomic mass is 35.5. The second-order valence-electron chi connectivity index (χ2n) is 7.41. The number of aromatic nitrogens is 3. The predicted octanol–water partition coefficient (Wildman–Crippen LogP) is 3.22. The summed E-state index contributed by atoms with van der Waals surface area (Å²) in [5.41, 5.74) is 2.61. The van der Waals surface area contributed by atoms with E-state index in [9.17, 15) is 8.42 Å². The average Bonchev–Trinajstić information content (AvgIpc) is 3.38. The lowest BCUT2D eigenvalue weighted by molar-refractivity contribution is -0.191. The van der Waals surface area contributed by atoms with Crippen molar-refractivity contribution in [2.75, 3.05) is 13.2 Å². The summed E-state index contributed by atoms with van der Waals surface area (Å²) in [6, 6.07) is 11.9. The number of hydrogen-bond acceptors (Lipinski definition) is 7. The van der Waals surface area contributed by atoms with Crippen LogP contribution in [-0.2, 0) is 36.1 Å². The molecule has 0 spiro atoms. The van der Waals surface area contributed by atoms with Gasteiger partial charge in [-0.1, -0.05) is 35.4 Å². The van der Waals surface area contributed by atoms with Gasteiger partial charge in [0.05, 0.1) is 18.1 Å². The highest BCUT2D eigenvalue weighted by Gasteiger charge is 2.45. The van der Waals surface area contributed by atoms with E-state index in [2.05, 4.69) is 10.1 Å². The Kier molecular flexibility index (Phi) is 6.14. The van der Waals surface area contributed by atoms with Gasteiger partial charge in [0.15, 0.2) is 0 Å². The maximum absolute atomic E-state index is 12.5. The van der Waals surface area contributed by atoms with E-state index >= 15 is 0 Å². The molecule has 2 atom stereocenters. The summed E-state index contributed by atoms with van der Waals surface area (Å²) in [6.07, 6.45) is 2.39. The molecule has 1 aliphatic rings. The van der Waals surface area contributed by atoms with Crippen molar-refractivity contribution >= 4 is 21.7 Å². The Balaban J connectivity index is 1.53. The fourth-order valence-electron chi connectivity index (χ4n) is 3.48. The minimum absolute atomic E-state index is 0.0967. The van der Waals surface area contributed by atoms with Crippen molar-refractivity contribution in [2.45, 2.75) is 37.2 Å². The van der Waals surface area contributed by atoms with Gasteiger partial charge in [0.25, 0.3) is 10.1 Å². The molecule has 4 rings (SSSR count). The van der Waals surface area contributed by atoms with Crippen molar-refractivity contribution in [3.8, 4) is 0 Å². The average molecular weight is 464 g/mol. The first-order valence-electron chi connectivity index (χ1n) is 9.64. The van der Waals surface area contributed by atoms with E-state index in [0.29, 0.717) is 5.02 Å². The van der Waals surface area contributed by atoms with E-state index in [1.807, 2.05) is 26.0 Å². The van der Waals surface area contributed by atoms with Crippen LogP contribution in [0, 0.1) is 13.8 Å². The van der Waals surface area contributed by atoms with Crippen LogP contribution < -0.4 is 0 Å². The Morgan fingerprint density at radius 2 is 2.00 bits per heavy atom. The molecule has 2 aromatic carbocycles. The largest absolute Gasteiger partial charge is 0.342 e. The normalized spacial score (nSPS) is 21.5. The molecule has 2 heterocycles. The highest BCUT2D eigenvalue weighted by Crippen LogP contribution is 2.38. The molecule has 31 heavy (non-hydrogen) atoms. The maximum Gasteiger partial charge on any atom is 0.297 e. The second kappa shape index (κ2) is 8.68. The molecule has 0 unspecified atom stereocenters. The smallest absolute Gasteiger partial charge is 0.297 e. The summed E-state index contributed by atoms with van der Waals surface area (Å²) in [4.78, 5) is 4.07. The first-order valence-corrected chi connectivity index (χ1v) is 11.4. The van der Waals surface area contributed by atoms with Crippen LogP contribution in [0.2, 0.25) is 5.02 Å². The van der Waals surface area contributed by atoms with Crippen LogP contribution in [0.3, 0.4) is 0 Å². The van der Waals surface area contributed by atoms with Gasteiger partial charge in [0.2, 0.25) is 5.79 Å². The van der Waals surface area contributed by atoms with Gasteiger partial charge in [-0.3, -0.25) is 4.18 Å². The highest BCUT2D eigenvalue weighted by molar-refractivity contribution is 7.86. The van der Waals surface area contributed by atoms with Crippen molar-refractivity contribution in [3.63, 3.8) is 0 Å². The van der Waals surface area contributed by atoms with Crippen LogP contribution in [0.15, 0.2) is 60.0 Å². The van der Waals surface area contributed by atoms with E-state index in [0.717, 1.165) is 16.7 Å². The molecule has 1 aliphatic heterocycles. The molecule has 10 heteroatoms. The van der Waals surface area contributed by atoms with Crippen molar-refractivity contribution in [2.24, 2.45) is 0 Å². The van der Waals surface area contributed by atoms with E-state index in [1.165, 1.54) is 18.5 Å². The Morgan fingerprint density at radius 1 is 1.23 bits per heavy atom. The van der Waals surface area contributed by atoms with Gasteiger partial charge < -0.3 is 9.47 Å². The van der Waals surface area contributed by atoms with Gasteiger partial charge in [-0.2, -0.15) is 13.5 Å². The fraction of sp³-hybridized carbons (Fsp3) is 0.333. The molecule has 0 radical (unpaired) electrons. The predicted molar refractivity (Wildman–Crippen MR) is 113 cm³/mol. The lowest BCUT2D eigenvalue weighted by Gasteiger charge is -2.30. The number of rotatable bonds is 7. The summed E-state index contributed by atoms with van der Waals surface area (Å²) in [7, 11) is -3.91. The van der Waals surface area contributed by atoms with Crippen LogP contribution in [-0.4, -0.2) is 42.5 Å². The number of hydrogen-bond donors (Lipinski definition) is 0. The molecule has 3 aromatic rings. The molecule has 0 saturated carbocycles. The third kappa shape index (κ3) is 4.81. The first kappa shape index (κ1) is 21.9. The van der Waals surface area contributed by atoms with Crippen molar-refractivity contribution in [3.05, 3.63) is 76.8 Å². The lowest BCUT2D eigenvalue weighted by Crippen LogP contribution is -2.35. The van der Waals surface area contributed by atoms with Gasteiger partial charge in [0.1, 0.15) is 25.3 Å². The maximum atomic E-state index is 12.5. The summed E-state index contributed by atoms with van der Waals surface area (Å²) in [6.45, 7) is 4.00. The molecule has 0 bridgehead atoms. The number of ether oxygens (including phenoxy) is 2. The number of nitrogens with zero attached hydrogens (tertiary/aromatic N) is 3. The summed E-state index contributed by atoms with van der Waals surface area (Å²) in [5, 5.41) is 4.74. The zero-order valence-electron chi connectivity index (χ0n) is 17.1. The number of aryl methyl sites for hydroxylation is 2. The van der Waals surface area contributed by atoms with Crippen LogP contribution in [0.25, 0.3) is 0 Å². The third-order valence-electron chi connectivity index (χ3n) is 5.01. The Labute approximate surface area is 185 Å². The standard InChI is InChI=1S/C21H22ClN3O5S/c1-15-3-6-19(7-4-15)31(26,27)29-11-18-10-28-21(30-18,12-25-14-23-13-24-25)20-8-5-17(22)9-16(20)2/h3-9,13-14,18H,10-12H2,1-2H3/t18-,21+/m0/s1. The lowest BCUT2D eigenvalue weighted by atomic mass is 10.00.